The van der Waals surface area contributed by atoms with Crippen LogP contribution in [0.25, 0.3) is 108 Å². The Bertz CT molecular complexity index is 4130. The highest BCUT2D eigenvalue weighted by atomic mass is 32.1. The number of thiophene rings is 1. The number of fused-ring (bicyclic) bond motifs is 11. The van der Waals surface area contributed by atoms with Gasteiger partial charge >= 0.3 is 0 Å². The van der Waals surface area contributed by atoms with E-state index in [-0.39, 0.29) is 0 Å². The van der Waals surface area contributed by atoms with E-state index >= 15 is 0 Å². The predicted molar refractivity (Wildman–Crippen MR) is 281 cm³/mol. The van der Waals surface area contributed by atoms with Gasteiger partial charge in [0.05, 0.1) is 22.1 Å². The van der Waals surface area contributed by atoms with Crippen LogP contribution in [0.4, 0.5) is 0 Å². The molecule has 0 bridgehead atoms. The van der Waals surface area contributed by atoms with Gasteiger partial charge in [-0.1, -0.05) is 152 Å². The number of hydrogen-bond acceptors (Lipinski definition) is 4. The Labute approximate surface area is 385 Å². The minimum atomic E-state index is -0.565. The fourth-order valence-corrected chi connectivity index (χ4v) is 11.2. The summed E-state index contributed by atoms with van der Waals surface area (Å²) in [5.41, 5.74) is 11.9. The van der Waals surface area contributed by atoms with Gasteiger partial charge in [-0.15, -0.1) is 11.3 Å². The van der Waals surface area contributed by atoms with Crippen LogP contribution in [-0.2, 0) is 0 Å². The van der Waals surface area contributed by atoms with Crippen LogP contribution in [0.1, 0.15) is 29.8 Å². The molecule has 0 radical (unpaired) electrons. The van der Waals surface area contributed by atoms with Crippen molar-refractivity contribution in [2.45, 2.75) is 13.1 Å². The van der Waals surface area contributed by atoms with Crippen molar-refractivity contribution < 1.29 is 4.42 Å². The molecule has 0 saturated heterocycles. The van der Waals surface area contributed by atoms with Crippen LogP contribution in [-0.4, -0.2) is 10.3 Å². The van der Waals surface area contributed by atoms with Crippen molar-refractivity contribution in [2.75, 3.05) is 0 Å². The Morgan fingerprint density at radius 2 is 1.20 bits per heavy atom. The number of rotatable bonds is 8. The number of aromatic nitrogens is 1. The Morgan fingerprint density at radius 1 is 0.530 bits per heavy atom. The molecule has 0 fully saturated rings. The maximum absolute atomic E-state index is 7.20. The van der Waals surface area contributed by atoms with Gasteiger partial charge in [0.2, 0.25) is 0 Å². The van der Waals surface area contributed by atoms with Crippen molar-refractivity contribution in [1.29, 1.82) is 0 Å². The quantitative estimate of drug-likeness (QED) is 0.155. The Balaban J connectivity index is 1.05. The van der Waals surface area contributed by atoms with Crippen LogP contribution in [0.3, 0.4) is 0 Å². The fraction of sp³-hybridized carbons (Fsp3) is 0.0328. The highest BCUT2D eigenvalue weighted by molar-refractivity contribution is 7.25. The van der Waals surface area contributed by atoms with Crippen LogP contribution in [0.5, 0.6) is 0 Å². The molecule has 0 aliphatic heterocycles. The lowest BCUT2D eigenvalue weighted by Gasteiger charge is -2.21. The molecule has 1 atom stereocenters. The maximum Gasteiger partial charge on any atom is 0.148 e. The first-order valence-electron chi connectivity index (χ1n) is 22.4. The molecule has 0 amide bonds. The number of aliphatic imine (C=N–C) groups is 1. The highest BCUT2D eigenvalue weighted by Crippen LogP contribution is 2.44. The number of para-hydroxylation sites is 1. The van der Waals surface area contributed by atoms with E-state index in [1.54, 1.807) is 0 Å². The van der Waals surface area contributed by atoms with Crippen LogP contribution >= 0.6 is 11.3 Å². The third-order valence-corrected chi connectivity index (χ3v) is 14.5. The summed E-state index contributed by atoms with van der Waals surface area (Å²) in [6.45, 7) is 6.79. The van der Waals surface area contributed by atoms with Crippen LogP contribution in [0.2, 0.25) is 0 Å². The largest absolute Gasteiger partial charge is 0.456 e. The van der Waals surface area contributed by atoms with Crippen LogP contribution < -0.4 is 5.32 Å². The number of hydrogen-bond donors (Lipinski definition) is 1. The molecule has 13 rings (SSSR count). The van der Waals surface area contributed by atoms with Gasteiger partial charge in [0, 0.05) is 53.3 Å². The molecule has 0 spiro atoms. The van der Waals surface area contributed by atoms with Crippen molar-refractivity contribution >= 4 is 108 Å². The molecule has 4 nitrogen and oxygen atoms in total. The summed E-state index contributed by atoms with van der Waals surface area (Å²) >= 11 is 1.81. The standard InChI is InChI=1S/C61H41N3OS/c1-37(40-21-14-22-42(31-40)39-15-4-3-5-16-39)62-61(63-38(2)41-27-28-49-48-24-11-13-26-57(48)66-58(49)36-41)50-29-30-54(59-52-33-44-18-7-9-20-46(44)35-56(52)65-60(50)59)64-53-25-12-10-23-47(53)51-32-43-17-6-8-19-45(43)34-55(51)64/h3-36,61,63H,2H2,1H3/b62-37+. The van der Waals surface area contributed by atoms with Gasteiger partial charge in [-0.05, 0) is 111 Å². The third-order valence-electron chi connectivity index (χ3n) is 13.3. The minimum absolute atomic E-state index is 0.565. The molecule has 1 N–H and O–H groups in total. The van der Waals surface area contributed by atoms with Gasteiger partial charge in [-0.3, -0.25) is 4.99 Å². The lowest BCUT2D eigenvalue weighted by atomic mass is 10.0. The summed E-state index contributed by atoms with van der Waals surface area (Å²) in [6.07, 6.45) is -0.565. The van der Waals surface area contributed by atoms with E-state index in [0.29, 0.717) is 0 Å². The summed E-state index contributed by atoms with van der Waals surface area (Å²) in [5, 5.41) is 15.6. The van der Waals surface area contributed by atoms with Crippen molar-refractivity contribution in [3.05, 3.63) is 230 Å². The maximum atomic E-state index is 7.20. The zero-order valence-corrected chi connectivity index (χ0v) is 36.9. The summed E-state index contributed by atoms with van der Waals surface area (Å²) in [5.74, 6) is 0. The Kier molecular flexibility index (Phi) is 8.80. The second-order valence-corrected chi connectivity index (χ2v) is 18.3. The monoisotopic (exact) mass is 863 g/mol. The summed E-state index contributed by atoms with van der Waals surface area (Å²) in [6, 6.07) is 73.9. The number of benzene rings is 10. The summed E-state index contributed by atoms with van der Waals surface area (Å²) < 4.78 is 12.1. The van der Waals surface area contributed by atoms with E-state index in [4.69, 9.17) is 9.41 Å². The molecule has 0 saturated carbocycles. The SMILES string of the molecule is C=C(NC(/N=C(\C)c1cccc(-c2ccccc2)c1)c1ccc(-n2c3ccccc3c3cc4ccccc4cc32)c2c1oc1cc3ccccc3cc12)c1ccc2c(c1)sc1ccccc12. The molecular formula is C61H41N3OS. The lowest BCUT2D eigenvalue weighted by molar-refractivity contribution is 0.627. The lowest BCUT2D eigenvalue weighted by Crippen LogP contribution is -2.20. The van der Waals surface area contributed by atoms with Gasteiger partial charge in [0.25, 0.3) is 0 Å². The smallest absolute Gasteiger partial charge is 0.148 e. The molecule has 10 aromatic carbocycles. The van der Waals surface area contributed by atoms with E-state index in [0.717, 1.165) is 88.7 Å². The highest BCUT2D eigenvalue weighted by Gasteiger charge is 2.25. The van der Waals surface area contributed by atoms with Crippen molar-refractivity contribution in [3.63, 3.8) is 0 Å². The fourth-order valence-electron chi connectivity index (χ4n) is 10.0. The molecule has 3 aromatic heterocycles. The number of furan rings is 1. The Hall–Kier alpha value is -8.25. The van der Waals surface area contributed by atoms with Gasteiger partial charge < -0.3 is 14.3 Å². The summed E-state index contributed by atoms with van der Waals surface area (Å²) in [7, 11) is 0. The van der Waals surface area contributed by atoms with Crippen molar-refractivity contribution in [3.8, 4) is 16.8 Å². The van der Waals surface area contributed by atoms with Crippen LogP contribution in [0, 0.1) is 0 Å². The molecule has 0 aliphatic carbocycles. The average Bonchev–Trinajstić information content (AvgIpc) is 4.04. The van der Waals surface area contributed by atoms with E-state index < -0.39 is 6.17 Å². The first-order chi connectivity index (χ1) is 32.5. The second-order valence-electron chi connectivity index (χ2n) is 17.2. The zero-order valence-electron chi connectivity index (χ0n) is 36.1. The third kappa shape index (κ3) is 6.23. The van der Waals surface area contributed by atoms with Gasteiger partial charge in [-0.25, -0.2) is 0 Å². The van der Waals surface area contributed by atoms with Crippen molar-refractivity contribution in [1.82, 2.24) is 9.88 Å². The minimum Gasteiger partial charge on any atom is -0.456 e. The van der Waals surface area contributed by atoms with Gasteiger partial charge in [-0.2, -0.15) is 0 Å². The van der Waals surface area contributed by atoms with Crippen molar-refractivity contribution in [2.24, 2.45) is 4.99 Å². The second kappa shape index (κ2) is 15.2. The van der Waals surface area contributed by atoms with E-state index in [9.17, 15) is 0 Å². The predicted octanol–water partition coefficient (Wildman–Crippen LogP) is 16.8. The van der Waals surface area contributed by atoms with E-state index in [1.807, 2.05) is 11.3 Å². The molecule has 5 heteroatoms. The van der Waals surface area contributed by atoms with Crippen LogP contribution in [0.15, 0.2) is 222 Å². The normalized spacial score (nSPS) is 12.7. The first kappa shape index (κ1) is 38.2. The number of nitrogens with zero attached hydrogens (tertiary/aromatic N) is 2. The number of nitrogens with one attached hydrogen (secondary N) is 1. The molecule has 13 aromatic rings. The zero-order chi connectivity index (χ0) is 43.9. The van der Waals surface area contributed by atoms with E-state index in [1.165, 1.54) is 41.7 Å². The molecule has 3 heterocycles. The average molecular weight is 864 g/mol. The molecule has 0 aliphatic rings. The topological polar surface area (TPSA) is 42.5 Å². The molecule has 312 valence electrons. The molecule has 66 heavy (non-hydrogen) atoms. The van der Waals surface area contributed by atoms with Gasteiger partial charge in [0.1, 0.15) is 17.3 Å². The van der Waals surface area contributed by atoms with Gasteiger partial charge in [0.15, 0.2) is 0 Å². The van der Waals surface area contributed by atoms with E-state index in [2.05, 4.69) is 230 Å². The Morgan fingerprint density at radius 3 is 2.02 bits per heavy atom. The molecule has 1 unspecified atom stereocenters. The molecular weight excluding hydrogens is 823 g/mol. The summed E-state index contributed by atoms with van der Waals surface area (Å²) in [4.78, 5) is 5.60. The first-order valence-corrected chi connectivity index (χ1v) is 23.2.